The van der Waals surface area contributed by atoms with Gasteiger partial charge in [-0.1, -0.05) is 23.7 Å². The SMILES string of the molecule is O=S(=O)(NCCc1nc2ccccc2o1)c1ccc(Cl)s1. The Bertz CT molecular complexity index is 837. The number of thiophene rings is 1. The third kappa shape index (κ3) is 3.26. The molecule has 0 spiro atoms. The van der Waals surface area contributed by atoms with E-state index < -0.39 is 10.0 Å². The van der Waals surface area contributed by atoms with Crippen LogP contribution in [0.5, 0.6) is 0 Å². The summed E-state index contributed by atoms with van der Waals surface area (Å²) in [6.07, 6.45) is 0.382. The first-order chi connectivity index (χ1) is 10.0. The van der Waals surface area contributed by atoms with Crippen LogP contribution < -0.4 is 4.72 Å². The quantitative estimate of drug-likeness (QED) is 0.773. The summed E-state index contributed by atoms with van der Waals surface area (Å²) in [5.74, 6) is 0.503. The van der Waals surface area contributed by atoms with Crippen LogP contribution in [0.15, 0.2) is 45.0 Å². The number of oxazole rings is 1. The largest absolute Gasteiger partial charge is 0.441 e. The highest BCUT2D eigenvalue weighted by molar-refractivity contribution is 7.91. The number of para-hydroxylation sites is 2. The van der Waals surface area contributed by atoms with Gasteiger partial charge < -0.3 is 4.42 Å². The Hall–Kier alpha value is -1.41. The van der Waals surface area contributed by atoms with Crippen molar-refractivity contribution >= 4 is 44.1 Å². The highest BCUT2D eigenvalue weighted by Gasteiger charge is 2.16. The van der Waals surface area contributed by atoms with Gasteiger partial charge in [-0.05, 0) is 24.3 Å². The zero-order chi connectivity index (χ0) is 14.9. The molecule has 0 amide bonds. The summed E-state index contributed by atoms with van der Waals surface area (Å²) in [4.78, 5) is 4.29. The molecule has 110 valence electrons. The molecule has 0 aliphatic rings. The van der Waals surface area contributed by atoms with Gasteiger partial charge in [0, 0.05) is 13.0 Å². The lowest BCUT2D eigenvalue weighted by atomic mass is 10.3. The predicted molar refractivity (Wildman–Crippen MR) is 82.2 cm³/mol. The summed E-state index contributed by atoms with van der Waals surface area (Å²) in [6.45, 7) is 0.213. The number of nitrogens with zero attached hydrogens (tertiary/aromatic N) is 1. The second-order valence-electron chi connectivity index (χ2n) is 4.28. The van der Waals surface area contributed by atoms with E-state index in [-0.39, 0.29) is 10.8 Å². The van der Waals surface area contributed by atoms with Gasteiger partial charge in [0.25, 0.3) is 0 Å². The van der Waals surface area contributed by atoms with Gasteiger partial charge in [-0.15, -0.1) is 11.3 Å². The van der Waals surface area contributed by atoms with Gasteiger partial charge in [0.2, 0.25) is 10.0 Å². The van der Waals surface area contributed by atoms with Crippen molar-refractivity contribution in [3.05, 3.63) is 46.6 Å². The number of aromatic nitrogens is 1. The summed E-state index contributed by atoms with van der Waals surface area (Å²) >= 11 is 6.76. The topological polar surface area (TPSA) is 72.2 Å². The number of rotatable bonds is 5. The van der Waals surface area contributed by atoms with Gasteiger partial charge in [-0.25, -0.2) is 18.1 Å². The highest BCUT2D eigenvalue weighted by atomic mass is 35.5. The molecule has 0 atom stereocenters. The van der Waals surface area contributed by atoms with Gasteiger partial charge in [0.15, 0.2) is 11.5 Å². The van der Waals surface area contributed by atoms with E-state index in [1.54, 1.807) is 6.07 Å². The molecule has 5 nitrogen and oxygen atoms in total. The molecule has 0 bridgehead atoms. The smallest absolute Gasteiger partial charge is 0.250 e. The van der Waals surface area contributed by atoms with Crippen molar-refractivity contribution in [3.8, 4) is 0 Å². The minimum Gasteiger partial charge on any atom is -0.441 e. The molecule has 0 saturated carbocycles. The summed E-state index contributed by atoms with van der Waals surface area (Å²) in [5.41, 5.74) is 1.46. The second-order valence-corrected chi connectivity index (χ2v) is 7.99. The number of nitrogens with one attached hydrogen (secondary N) is 1. The fourth-order valence-corrected chi connectivity index (χ4v) is 4.39. The number of halogens is 1. The summed E-state index contributed by atoms with van der Waals surface area (Å²) in [6, 6.07) is 10.4. The van der Waals surface area contributed by atoms with E-state index in [9.17, 15) is 8.42 Å². The van der Waals surface area contributed by atoms with E-state index in [2.05, 4.69) is 9.71 Å². The van der Waals surface area contributed by atoms with Crippen LogP contribution in [0.25, 0.3) is 11.1 Å². The third-order valence-corrected chi connectivity index (χ3v) is 5.97. The van der Waals surface area contributed by atoms with Crippen LogP contribution in [0.4, 0.5) is 0 Å². The van der Waals surface area contributed by atoms with E-state index in [0.29, 0.717) is 22.2 Å². The fraction of sp³-hybridized carbons (Fsp3) is 0.154. The molecule has 0 fully saturated rings. The zero-order valence-electron chi connectivity index (χ0n) is 10.7. The van der Waals surface area contributed by atoms with E-state index in [1.807, 2.05) is 24.3 Å². The van der Waals surface area contributed by atoms with E-state index >= 15 is 0 Å². The van der Waals surface area contributed by atoms with Crippen LogP contribution in [-0.2, 0) is 16.4 Å². The van der Waals surface area contributed by atoms with E-state index in [4.69, 9.17) is 16.0 Å². The monoisotopic (exact) mass is 342 g/mol. The number of fused-ring (bicyclic) bond motifs is 1. The van der Waals surface area contributed by atoms with Crippen LogP contribution in [-0.4, -0.2) is 19.9 Å². The van der Waals surface area contributed by atoms with Crippen molar-refractivity contribution in [2.45, 2.75) is 10.6 Å². The van der Waals surface area contributed by atoms with Gasteiger partial charge >= 0.3 is 0 Å². The Labute approximate surface area is 130 Å². The molecule has 0 radical (unpaired) electrons. The molecule has 21 heavy (non-hydrogen) atoms. The van der Waals surface area contributed by atoms with Gasteiger partial charge in [-0.3, -0.25) is 0 Å². The van der Waals surface area contributed by atoms with E-state index in [0.717, 1.165) is 16.9 Å². The number of hydrogen-bond donors (Lipinski definition) is 1. The summed E-state index contributed by atoms with van der Waals surface area (Å²) < 4.78 is 32.7. The van der Waals surface area contributed by atoms with Crippen molar-refractivity contribution in [3.63, 3.8) is 0 Å². The van der Waals surface area contributed by atoms with Crippen LogP contribution in [0, 0.1) is 0 Å². The summed E-state index contributed by atoms with van der Waals surface area (Å²) in [5, 5.41) is 0. The maximum atomic E-state index is 12.0. The first kappa shape index (κ1) is 14.5. The molecule has 0 unspecified atom stereocenters. The Morgan fingerprint density at radius 1 is 1.24 bits per heavy atom. The minimum atomic E-state index is -3.53. The first-order valence-corrected chi connectivity index (χ1v) is 8.82. The molecule has 1 N–H and O–H groups in total. The van der Waals surface area contributed by atoms with Crippen molar-refractivity contribution < 1.29 is 12.8 Å². The molecule has 3 aromatic rings. The van der Waals surface area contributed by atoms with E-state index in [1.165, 1.54) is 6.07 Å². The molecule has 2 aromatic heterocycles. The van der Waals surface area contributed by atoms with Crippen LogP contribution in [0.3, 0.4) is 0 Å². The molecular formula is C13H11ClN2O3S2. The van der Waals surface area contributed by atoms with Crippen molar-refractivity contribution in [1.82, 2.24) is 9.71 Å². The molecule has 0 aliphatic carbocycles. The lowest BCUT2D eigenvalue weighted by Gasteiger charge is -2.02. The lowest BCUT2D eigenvalue weighted by Crippen LogP contribution is -2.25. The Balaban J connectivity index is 1.65. The van der Waals surface area contributed by atoms with Crippen molar-refractivity contribution in [2.24, 2.45) is 0 Å². The number of benzene rings is 1. The maximum Gasteiger partial charge on any atom is 0.250 e. The molecule has 0 saturated heterocycles. The van der Waals surface area contributed by atoms with Gasteiger partial charge in [0.05, 0.1) is 4.34 Å². The average Bonchev–Trinajstić information content (AvgIpc) is 3.04. The second kappa shape index (κ2) is 5.76. The first-order valence-electron chi connectivity index (χ1n) is 6.14. The molecule has 2 heterocycles. The molecular weight excluding hydrogens is 332 g/mol. The maximum absolute atomic E-state index is 12.0. The fourth-order valence-electron chi connectivity index (χ4n) is 1.83. The predicted octanol–water partition coefficient (Wildman–Crippen LogP) is 3.06. The normalized spacial score (nSPS) is 12.0. The highest BCUT2D eigenvalue weighted by Crippen LogP contribution is 2.25. The lowest BCUT2D eigenvalue weighted by molar-refractivity contribution is 0.523. The van der Waals surface area contributed by atoms with Crippen molar-refractivity contribution in [2.75, 3.05) is 6.54 Å². The van der Waals surface area contributed by atoms with Gasteiger partial charge in [0.1, 0.15) is 9.73 Å². The Morgan fingerprint density at radius 3 is 2.76 bits per heavy atom. The molecule has 0 aliphatic heterocycles. The van der Waals surface area contributed by atoms with Crippen LogP contribution >= 0.6 is 22.9 Å². The minimum absolute atomic E-state index is 0.199. The zero-order valence-corrected chi connectivity index (χ0v) is 13.1. The third-order valence-electron chi connectivity index (χ3n) is 2.78. The summed E-state index contributed by atoms with van der Waals surface area (Å²) in [7, 11) is -3.53. The Kier molecular flexibility index (Phi) is 3.99. The molecule has 8 heteroatoms. The molecule has 3 rings (SSSR count). The standard InChI is InChI=1S/C13H11ClN2O3S2/c14-11-5-6-13(20-11)21(17,18)15-8-7-12-16-9-3-1-2-4-10(9)19-12/h1-6,15H,7-8H2. The number of sulfonamides is 1. The Morgan fingerprint density at radius 2 is 2.05 bits per heavy atom. The van der Waals surface area contributed by atoms with Crippen LogP contribution in [0.1, 0.15) is 5.89 Å². The van der Waals surface area contributed by atoms with Crippen molar-refractivity contribution in [1.29, 1.82) is 0 Å². The van der Waals surface area contributed by atoms with Gasteiger partial charge in [-0.2, -0.15) is 0 Å². The average molecular weight is 343 g/mol. The number of hydrogen-bond acceptors (Lipinski definition) is 5. The molecule has 1 aromatic carbocycles. The van der Waals surface area contributed by atoms with Crippen LogP contribution in [0.2, 0.25) is 4.34 Å².